The second-order valence-corrected chi connectivity index (χ2v) is 6.94. The van der Waals surface area contributed by atoms with Gasteiger partial charge in [0.25, 0.3) is 0 Å². The van der Waals surface area contributed by atoms with E-state index >= 15 is 0 Å². The maximum absolute atomic E-state index is 12.0. The van der Waals surface area contributed by atoms with E-state index in [9.17, 15) is 4.79 Å². The normalized spacial score (nSPS) is 22.7. The highest BCUT2D eigenvalue weighted by atomic mass is 16.2. The Bertz CT molecular complexity index is 293. The second-order valence-electron chi connectivity index (χ2n) is 6.94. The Morgan fingerprint density at radius 3 is 2.32 bits per heavy atom. The average molecular weight is 311 g/mol. The Hall–Kier alpha value is -0.570. The van der Waals surface area contributed by atoms with Crippen LogP contribution in [0, 0.1) is 5.92 Å². The first kappa shape index (κ1) is 19.5. The molecule has 1 fully saturated rings. The number of carbonyl (C=O) groups is 1. The highest BCUT2D eigenvalue weighted by molar-refractivity contribution is 5.75. The lowest BCUT2D eigenvalue weighted by Gasteiger charge is -2.41. The lowest BCUT2D eigenvalue weighted by Crippen LogP contribution is -2.54. The number of nitrogens with one attached hydrogen (secondary N) is 1. The van der Waals surface area contributed by atoms with Crippen molar-refractivity contribution in [3.8, 4) is 0 Å². The van der Waals surface area contributed by atoms with E-state index < -0.39 is 0 Å². The topological polar surface area (TPSA) is 32.3 Å². The maximum atomic E-state index is 12.0. The van der Waals surface area contributed by atoms with Crippen molar-refractivity contribution < 1.29 is 4.79 Å². The molecule has 2 atom stereocenters. The van der Waals surface area contributed by atoms with Gasteiger partial charge in [0.2, 0.25) is 5.91 Å². The number of rotatable bonds is 11. The van der Waals surface area contributed by atoms with Crippen molar-refractivity contribution in [2.75, 3.05) is 6.54 Å². The van der Waals surface area contributed by atoms with Crippen molar-refractivity contribution in [1.29, 1.82) is 0 Å². The lowest BCUT2D eigenvalue weighted by molar-refractivity contribution is -0.129. The molecule has 1 amide bonds. The SMILES string of the molecule is CCCCCC1CCCN(NC(=O)CCC)C1CCCCC. The third-order valence-electron chi connectivity index (χ3n) is 4.95. The summed E-state index contributed by atoms with van der Waals surface area (Å²) in [5.74, 6) is 0.983. The van der Waals surface area contributed by atoms with Gasteiger partial charge in [0.15, 0.2) is 0 Å². The minimum absolute atomic E-state index is 0.206. The van der Waals surface area contributed by atoms with Crippen molar-refractivity contribution in [3.05, 3.63) is 0 Å². The third kappa shape index (κ3) is 7.13. The van der Waals surface area contributed by atoms with E-state index in [-0.39, 0.29) is 5.91 Å². The molecule has 1 saturated heterocycles. The molecule has 130 valence electrons. The number of hydrogen-bond donors (Lipinski definition) is 1. The summed E-state index contributed by atoms with van der Waals surface area (Å²) in [7, 11) is 0. The standard InChI is InChI=1S/C19H38N2O/c1-4-7-9-13-17-14-11-16-21(20-19(22)12-6-3)18(17)15-10-8-5-2/h17-18H,4-16H2,1-3H3,(H,20,22). The molecule has 0 radical (unpaired) electrons. The Kier molecular flexibility index (Phi) is 10.6. The average Bonchev–Trinajstić information content (AvgIpc) is 2.50. The molecule has 1 heterocycles. The summed E-state index contributed by atoms with van der Waals surface area (Å²) < 4.78 is 0. The van der Waals surface area contributed by atoms with E-state index in [1.54, 1.807) is 0 Å². The predicted molar refractivity (Wildman–Crippen MR) is 94.6 cm³/mol. The molecule has 1 aliphatic rings. The molecular formula is C19H38N2O. The molecule has 3 heteroatoms. The molecular weight excluding hydrogens is 272 g/mol. The van der Waals surface area contributed by atoms with E-state index in [0.29, 0.717) is 12.5 Å². The predicted octanol–water partition coefficient (Wildman–Crippen LogP) is 5.06. The summed E-state index contributed by atoms with van der Waals surface area (Å²) in [4.78, 5) is 12.0. The van der Waals surface area contributed by atoms with Crippen molar-refractivity contribution in [2.45, 2.75) is 104 Å². The van der Waals surface area contributed by atoms with Gasteiger partial charge in [-0.3, -0.25) is 10.2 Å². The van der Waals surface area contributed by atoms with Gasteiger partial charge >= 0.3 is 0 Å². The van der Waals surface area contributed by atoms with Crippen LogP contribution < -0.4 is 5.43 Å². The fourth-order valence-corrected chi connectivity index (χ4v) is 3.71. The maximum Gasteiger partial charge on any atom is 0.234 e. The smallest absolute Gasteiger partial charge is 0.234 e. The van der Waals surface area contributed by atoms with Crippen LogP contribution in [0.1, 0.15) is 97.8 Å². The first-order valence-corrected chi connectivity index (χ1v) is 9.79. The molecule has 1 aliphatic heterocycles. The summed E-state index contributed by atoms with van der Waals surface area (Å²) in [5.41, 5.74) is 3.21. The van der Waals surface area contributed by atoms with Gasteiger partial charge in [0.05, 0.1) is 0 Å². The van der Waals surface area contributed by atoms with Crippen molar-refractivity contribution >= 4 is 5.91 Å². The van der Waals surface area contributed by atoms with Crippen molar-refractivity contribution in [3.63, 3.8) is 0 Å². The molecule has 22 heavy (non-hydrogen) atoms. The number of hydrazine groups is 1. The zero-order valence-corrected chi connectivity index (χ0v) is 15.2. The van der Waals surface area contributed by atoms with Gasteiger partial charge in [-0.1, -0.05) is 59.3 Å². The van der Waals surface area contributed by atoms with E-state index in [1.165, 1.54) is 64.2 Å². The summed E-state index contributed by atoms with van der Waals surface area (Å²) in [6, 6.07) is 0.568. The molecule has 1 rings (SSSR count). The fourth-order valence-electron chi connectivity index (χ4n) is 3.71. The van der Waals surface area contributed by atoms with Gasteiger partial charge in [-0.05, 0) is 38.0 Å². The number of carbonyl (C=O) groups excluding carboxylic acids is 1. The molecule has 0 aliphatic carbocycles. The monoisotopic (exact) mass is 310 g/mol. The van der Waals surface area contributed by atoms with E-state index in [4.69, 9.17) is 0 Å². The van der Waals surface area contributed by atoms with Crippen LogP contribution in [0.2, 0.25) is 0 Å². The molecule has 0 aromatic heterocycles. The minimum Gasteiger partial charge on any atom is -0.289 e. The van der Waals surface area contributed by atoms with Gasteiger partial charge in [0.1, 0.15) is 0 Å². The zero-order chi connectivity index (χ0) is 16.2. The molecule has 2 unspecified atom stereocenters. The van der Waals surface area contributed by atoms with E-state index in [1.807, 2.05) is 0 Å². The summed E-state index contributed by atoms with van der Waals surface area (Å²) >= 11 is 0. The third-order valence-corrected chi connectivity index (χ3v) is 4.95. The lowest BCUT2D eigenvalue weighted by atomic mass is 9.83. The Labute approximate surface area is 138 Å². The van der Waals surface area contributed by atoms with E-state index in [0.717, 1.165) is 18.9 Å². The number of amides is 1. The number of hydrogen-bond acceptors (Lipinski definition) is 2. The highest BCUT2D eigenvalue weighted by Gasteiger charge is 2.31. The van der Waals surface area contributed by atoms with Crippen LogP contribution in [-0.4, -0.2) is 23.5 Å². The largest absolute Gasteiger partial charge is 0.289 e. The van der Waals surface area contributed by atoms with Gasteiger partial charge < -0.3 is 0 Å². The zero-order valence-electron chi connectivity index (χ0n) is 15.2. The van der Waals surface area contributed by atoms with Crippen LogP contribution in [0.5, 0.6) is 0 Å². The van der Waals surface area contributed by atoms with Gasteiger partial charge in [-0.2, -0.15) is 0 Å². The summed E-state index contributed by atoms with van der Waals surface area (Å²) in [5, 5.41) is 2.30. The second kappa shape index (κ2) is 11.9. The Balaban J connectivity index is 2.58. The van der Waals surface area contributed by atoms with Crippen molar-refractivity contribution in [1.82, 2.24) is 10.4 Å². The first-order valence-electron chi connectivity index (χ1n) is 9.79. The van der Waals surface area contributed by atoms with Crippen LogP contribution in [-0.2, 0) is 4.79 Å². The number of unbranched alkanes of at least 4 members (excludes halogenated alkanes) is 4. The van der Waals surface area contributed by atoms with Gasteiger partial charge in [-0.25, -0.2) is 5.01 Å². The number of nitrogens with zero attached hydrogens (tertiary/aromatic N) is 1. The highest BCUT2D eigenvalue weighted by Crippen LogP contribution is 2.30. The van der Waals surface area contributed by atoms with Crippen LogP contribution in [0.15, 0.2) is 0 Å². The minimum atomic E-state index is 0.206. The fraction of sp³-hybridized carbons (Fsp3) is 0.947. The van der Waals surface area contributed by atoms with Crippen LogP contribution in [0.3, 0.4) is 0 Å². The van der Waals surface area contributed by atoms with E-state index in [2.05, 4.69) is 31.2 Å². The molecule has 0 bridgehead atoms. The van der Waals surface area contributed by atoms with Crippen LogP contribution >= 0.6 is 0 Å². The number of piperidine rings is 1. The van der Waals surface area contributed by atoms with Crippen LogP contribution in [0.4, 0.5) is 0 Å². The van der Waals surface area contributed by atoms with Gasteiger partial charge in [0, 0.05) is 19.0 Å². The molecule has 0 aromatic rings. The first-order chi connectivity index (χ1) is 10.7. The molecule has 1 N–H and O–H groups in total. The van der Waals surface area contributed by atoms with Gasteiger partial charge in [-0.15, -0.1) is 0 Å². The van der Waals surface area contributed by atoms with Crippen LogP contribution in [0.25, 0.3) is 0 Å². The quantitative estimate of drug-likeness (QED) is 0.541. The summed E-state index contributed by atoms with van der Waals surface area (Å²) in [6.07, 6.45) is 14.6. The Morgan fingerprint density at radius 1 is 1.00 bits per heavy atom. The Morgan fingerprint density at radius 2 is 1.68 bits per heavy atom. The molecule has 0 spiro atoms. The molecule has 0 aromatic carbocycles. The summed E-state index contributed by atoms with van der Waals surface area (Å²) in [6.45, 7) is 7.65. The van der Waals surface area contributed by atoms with Crippen molar-refractivity contribution in [2.24, 2.45) is 5.92 Å². The molecule has 3 nitrogen and oxygen atoms in total. The molecule has 0 saturated carbocycles.